The van der Waals surface area contributed by atoms with Crippen LogP contribution in [0.2, 0.25) is 0 Å². The van der Waals surface area contributed by atoms with Crippen molar-refractivity contribution in [3.63, 3.8) is 0 Å². The highest BCUT2D eigenvalue weighted by Gasteiger charge is 2.52. The average molecular weight is 1290 g/mol. The molecule has 0 unspecified atom stereocenters. The summed E-state index contributed by atoms with van der Waals surface area (Å²) < 4.78 is 84.1. The molecule has 97 heavy (non-hydrogen) atoms. The highest BCUT2D eigenvalue weighted by Crippen LogP contribution is 2.56. The fourth-order valence-electron chi connectivity index (χ4n) is 11.6. The Balaban J connectivity index is 1.07. The Kier molecular flexibility index (Phi) is 21.6. The first-order valence-corrected chi connectivity index (χ1v) is 32.4. The normalized spacial score (nSPS) is 16.6. The lowest BCUT2D eigenvalue weighted by Crippen LogP contribution is -2.62. The Morgan fingerprint density at radius 1 is 0.299 bits per heavy atom. The van der Waals surface area contributed by atoms with E-state index in [0.717, 1.165) is 50.1 Å². The van der Waals surface area contributed by atoms with E-state index in [2.05, 4.69) is 0 Å². The number of benzene rings is 11. The van der Waals surface area contributed by atoms with Gasteiger partial charge in [-0.3, -0.25) is 0 Å². The number of cyclic esters (lactones) is 1. The zero-order valence-electron chi connectivity index (χ0n) is 53.3. The lowest BCUT2D eigenvalue weighted by molar-refractivity contribution is -0.321. The Bertz CT molecular complexity index is 4290. The Morgan fingerprint density at radius 2 is 0.577 bits per heavy atom. The Labute approximate surface area is 564 Å². The van der Waals surface area contributed by atoms with Gasteiger partial charge in [-0.1, -0.05) is 273 Å². The van der Waals surface area contributed by atoms with E-state index in [1.165, 1.54) is 0 Å². The smallest absolute Gasteiger partial charge is 0.339 e. The summed E-state index contributed by atoms with van der Waals surface area (Å²) in [4.78, 5) is 33.2. The van der Waals surface area contributed by atoms with Gasteiger partial charge in [0.25, 0.3) is 0 Å². The SMILES string of the molecule is O=C1OC[C@H]2O[C@@H](OCc3ccccc3)[C@H](OCc3ccccc3)[C@@H](OCc3ccccc3)[C@@H]2OC(=O)c2cc(OCc3ccccc3)c(OCc3ccccc3)c(OCc3ccccc3)c2-c2c1cc(OCc1ccccc1)c(OCc1ccccc1)c2OCc1ccccc1. The first kappa shape index (κ1) is 64.7. The van der Waals surface area contributed by atoms with Crippen LogP contribution in [0.25, 0.3) is 11.1 Å². The molecule has 0 radical (unpaired) electrons. The molecule has 1 saturated heterocycles. The van der Waals surface area contributed by atoms with Gasteiger partial charge in [0.1, 0.15) is 64.6 Å². The average Bonchev–Trinajstić information content (AvgIpc) is 1.55. The van der Waals surface area contributed by atoms with Crippen molar-refractivity contribution in [1.29, 1.82) is 0 Å². The van der Waals surface area contributed by atoms with Gasteiger partial charge in [-0.05, 0) is 62.2 Å². The Hall–Kier alpha value is -11.0. The molecule has 14 nitrogen and oxygen atoms in total. The van der Waals surface area contributed by atoms with Gasteiger partial charge in [-0.2, -0.15) is 0 Å². The van der Waals surface area contributed by atoms with E-state index in [9.17, 15) is 0 Å². The van der Waals surface area contributed by atoms with E-state index in [1.54, 1.807) is 12.1 Å². The summed E-state index contributed by atoms with van der Waals surface area (Å²) in [5.41, 5.74) is 7.17. The van der Waals surface area contributed by atoms with Crippen LogP contribution in [0, 0.1) is 0 Å². The van der Waals surface area contributed by atoms with E-state index in [0.29, 0.717) is 0 Å². The quantitative estimate of drug-likeness (QED) is 0.0450. The molecule has 488 valence electrons. The lowest BCUT2D eigenvalue weighted by Gasteiger charge is -2.45. The van der Waals surface area contributed by atoms with Crippen LogP contribution in [0.15, 0.2) is 285 Å². The first-order chi connectivity index (χ1) is 47.9. The van der Waals surface area contributed by atoms with Crippen molar-refractivity contribution in [2.24, 2.45) is 0 Å². The van der Waals surface area contributed by atoms with Crippen molar-refractivity contribution < 1.29 is 66.4 Å². The maximum atomic E-state index is 16.9. The maximum Gasteiger partial charge on any atom is 0.339 e. The van der Waals surface area contributed by atoms with E-state index < -0.39 is 49.3 Å². The molecule has 2 aliphatic rings. The van der Waals surface area contributed by atoms with Crippen LogP contribution in [0.1, 0.15) is 70.8 Å². The van der Waals surface area contributed by atoms with Crippen molar-refractivity contribution in [2.75, 3.05) is 6.61 Å². The van der Waals surface area contributed by atoms with Gasteiger partial charge < -0.3 is 56.8 Å². The Morgan fingerprint density at radius 3 is 0.918 bits per heavy atom. The van der Waals surface area contributed by atoms with E-state index in [4.69, 9.17) is 56.8 Å². The van der Waals surface area contributed by atoms with E-state index in [1.807, 2.05) is 273 Å². The number of rotatable bonds is 27. The summed E-state index contributed by atoms with van der Waals surface area (Å²) in [5.74, 6) is -1.33. The second-order valence-electron chi connectivity index (χ2n) is 23.4. The molecule has 5 atom stereocenters. The third kappa shape index (κ3) is 16.7. The molecule has 2 heterocycles. The van der Waals surface area contributed by atoms with Gasteiger partial charge in [0.2, 0.25) is 11.5 Å². The minimum atomic E-state index is -1.38. The molecule has 0 bridgehead atoms. The second-order valence-corrected chi connectivity index (χ2v) is 23.4. The highest BCUT2D eigenvalue weighted by molar-refractivity contribution is 6.09. The van der Waals surface area contributed by atoms with Crippen LogP contribution in [0.4, 0.5) is 0 Å². The predicted molar refractivity (Wildman–Crippen MR) is 366 cm³/mol. The topological polar surface area (TPSA) is 145 Å². The monoisotopic (exact) mass is 1290 g/mol. The molecular formula is C83H72O14. The van der Waals surface area contributed by atoms with E-state index in [-0.39, 0.29) is 116 Å². The number of carbonyl (C=O) groups is 2. The number of fused-ring (bicyclic) bond motifs is 4. The molecule has 11 aromatic carbocycles. The number of ether oxygens (including phenoxy) is 12. The summed E-state index contributed by atoms with van der Waals surface area (Å²) in [6.45, 7) is -0.289. The third-order valence-corrected chi connectivity index (χ3v) is 16.5. The third-order valence-electron chi connectivity index (χ3n) is 16.5. The van der Waals surface area contributed by atoms with Gasteiger partial charge >= 0.3 is 11.9 Å². The van der Waals surface area contributed by atoms with Crippen molar-refractivity contribution in [2.45, 2.75) is 90.2 Å². The van der Waals surface area contributed by atoms with Crippen LogP contribution in [0.5, 0.6) is 34.5 Å². The van der Waals surface area contributed by atoms with Crippen molar-refractivity contribution in [3.8, 4) is 45.6 Å². The second kappa shape index (κ2) is 32.4. The minimum absolute atomic E-state index is 0.00334. The molecule has 0 saturated carbocycles. The summed E-state index contributed by atoms with van der Waals surface area (Å²) in [6, 6.07) is 89.9. The fourth-order valence-corrected chi connectivity index (χ4v) is 11.6. The fraction of sp³-hybridized carbons (Fsp3) is 0.181. The number of carbonyl (C=O) groups excluding carboxylic acids is 2. The predicted octanol–water partition coefficient (Wildman–Crippen LogP) is 16.6. The van der Waals surface area contributed by atoms with Crippen LogP contribution in [-0.4, -0.2) is 49.3 Å². The molecular weight excluding hydrogens is 1220 g/mol. The molecule has 13 rings (SSSR count). The number of hydrogen-bond acceptors (Lipinski definition) is 14. The van der Waals surface area contributed by atoms with Crippen LogP contribution >= 0.6 is 0 Å². The van der Waals surface area contributed by atoms with Crippen molar-refractivity contribution in [1.82, 2.24) is 0 Å². The molecule has 0 aliphatic carbocycles. The zero-order chi connectivity index (χ0) is 65.8. The summed E-state index contributed by atoms with van der Waals surface area (Å²) >= 11 is 0. The number of hydrogen-bond donors (Lipinski definition) is 0. The molecule has 0 N–H and O–H groups in total. The van der Waals surface area contributed by atoms with Gasteiger partial charge in [-0.15, -0.1) is 0 Å². The van der Waals surface area contributed by atoms with Crippen LogP contribution < -0.4 is 28.4 Å². The lowest BCUT2D eigenvalue weighted by atomic mass is 9.91. The molecule has 1 fully saturated rings. The van der Waals surface area contributed by atoms with Gasteiger partial charge in [0, 0.05) is 11.1 Å². The van der Waals surface area contributed by atoms with Crippen LogP contribution in [0.3, 0.4) is 0 Å². The molecule has 2 aliphatic heterocycles. The maximum absolute atomic E-state index is 16.9. The first-order valence-electron chi connectivity index (χ1n) is 32.4. The largest absolute Gasteiger partial charge is 0.485 e. The standard InChI is InChI=1S/C83H72O14/c84-81-67-46-69(86-48-58-28-10-1-11-29-58)74(88-50-60-32-14-3-15-33-60)77(90-52-62-36-18-5-19-37-62)72(67)73-68(47-70(87-49-59-30-12-2-13-31-59)75(89-51-61-34-16-4-17-35-61)78(73)91-53-63-38-20-6-21-39-63)82(85)97-76-71(57-94-81)96-83(95-56-66-44-26-9-27-45-66)80(93-55-65-42-24-8-25-43-65)79(76)92-54-64-40-22-7-23-41-64/h1-47,71,76,79-80,83H,48-57H2/t71-,76-,79+,80-,83-/m1/s1. The molecule has 11 aromatic rings. The zero-order valence-corrected chi connectivity index (χ0v) is 53.3. The van der Waals surface area contributed by atoms with Gasteiger partial charge in [-0.25, -0.2) is 9.59 Å². The molecule has 14 heteroatoms. The van der Waals surface area contributed by atoms with Crippen molar-refractivity contribution in [3.05, 3.63) is 346 Å². The molecule has 0 spiro atoms. The molecule has 0 aromatic heterocycles. The minimum Gasteiger partial charge on any atom is -0.485 e. The summed E-state index contributed by atoms with van der Waals surface area (Å²) in [7, 11) is 0. The van der Waals surface area contributed by atoms with Gasteiger partial charge in [0.05, 0.1) is 30.9 Å². The summed E-state index contributed by atoms with van der Waals surface area (Å²) in [6.07, 6.45) is -6.06. The summed E-state index contributed by atoms with van der Waals surface area (Å²) in [5, 5.41) is 0. The van der Waals surface area contributed by atoms with Crippen LogP contribution in [-0.2, 0) is 87.9 Å². The van der Waals surface area contributed by atoms with Gasteiger partial charge in [0.15, 0.2) is 35.4 Å². The van der Waals surface area contributed by atoms with Crippen molar-refractivity contribution >= 4 is 11.9 Å². The highest BCUT2D eigenvalue weighted by atomic mass is 16.7. The molecule has 0 amide bonds. The number of esters is 2. The van der Waals surface area contributed by atoms with E-state index >= 15 is 9.59 Å².